The van der Waals surface area contributed by atoms with Crippen molar-refractivity contribution < 1.29 is 19.1 Å². The predicted molar refractivity (Wildman–Crippen MR) is 92.7 cm³/mol. The van der Waals surface area contributed by atoms with Crippen molar-refractivity contribution in [2.75, 3.05) is 39.5 Å². The minimum absolute atomic E-state index is 0. The molecule has 0 radical (unpaired) electrons. The van der Waals surface area contributed by atoms with Crippen LogP contribution in [0.15, 0.2) is 34.9 Å². The number of hydrogen-bond donors (Lipinski definition) is 1. The number of aromatic nitrogens is 1. The largest absolute Gasteiger partial charge is 0.472 e. The number of nitrogens with zero attached hydrogens (tertiary/aromatic N) is 2. The Kier molecular flexibility index (Phi) is 7.05. The molecule has 1 aromatic carbocycles. The molecular weight excluding hydrogens is 332 g/mol. The zero-order valence-corrected chi connectivity index (χ0v) is 14.5. The predicted octanol–water partition coefficient (Wildman–Crippen LogP) is 2.14. The molecule has 2 heterocycles. The lowest BCUT2D eigenvalue weighted by Crippen LogP contribution is -2.42. The SMILES string of the molecule is Cc1c(OCC(O)CN2CCOCC2)noc1-c1ccccc1.Cl. The Morgan fingerprint density at radius 3 is 2.67 bits per heavy atom. The van der Waals surface area contributed by atoms with Crippen molar-refractivity contribution in [3.05, 3.63) is 35.9 Å². The first-order valence-electron chi connectivity index (χ1n) is 7.86. The minimum Gasteiger partial charge on any atom is -0.472 e. The van der Waals surface area contributed by atoms with E-state index in [0.717, 1.165) is 37.4 Å². The van der Waals surface area contributed by atoms with Crippen molar-refractivity contribution in [2.24, 2.45) is 0 Å². The van der Waals surface area contributed by atoms with E-state index >= 15 is 0 Å². The fourth-order valence-electron chi connectivity index (χ4n) is 2.62. The Labute approximate surface area is 147 Å². The van der Waals surface area contributed by atoms with Gasteiger partial charge in [0.1, 0.15) is 12.7 Å². The zero-order valence-electron chi connectivity index (χ0n) is 13.7. The third-order valence-corrected chi connectivity index (χ3v) is 3.90. The lowest BCUT2D eigenvalue weighted by molar-refractivity contribution is 0.00391. The molecule has 24 heavy (non-hydrogen) atoms. The minimum atomic E-state index is -0.565. The lowest BCUT2D eigenvalue weighted by atomic mass is 10.1. The average Bonchev–Trinajstić information content (AvgIpc) is 2.95. The van der Waals surface area contributed by atoms with E-state index in [9.17, 15) is 5.11 Å². The molecule has 0 bridgehead atoms. The van der Waals surface area contributed by atoms with Crippen LogP contribution < -0.4 is 4.74 Å². The summed E-state index contributed by atoms with van der Waals surface area (Å²) in [5.41, 5.74) is 1.80. The molecule has 2 aromatic rings. The Balaban J connectivity index is 0.00000208. The van der Waals surface area contributed by atoms with E-state index in [0.29, 0.717) is 18.2 Å². The van der Waals surface area contributed by atoms with Crippen LogP contribution in [-0.2, 0) is 4.74 Å². The number of β-amino-alcohol motifs (C(OH)–C–C–N with tert-alkyl or cyclic N) is 1. The number of rotatable bonds is 6. The summed E-state index contributed by atoms with van der Waals surface area (Å²) in [5.74, 6) is 1.13. The lowest BCUT2D eigenvalue weighted by Gasteiger charge is -2.28. The molecular formula is C17H23ClN2O4. The summed E-state index contributed by atoms with van der Waals surface area (Å²) in [5, 5.41) is 14.1. The molecule has 1 unspecified atom stereocenters. The molecule has 0 saturated carbocycles. The molecule has 6 nitrogen and oxygen atoms in total. The summed E-state index contributed by atoms with van der Waals surface area (Å²) >= 11 is 0. The van der Waals surface area contributed by atoms with Crippen LogP contribution in [0.2, 0.25) is 0 Å². The smallest absolute Gasteiger partial charge is 0.257 e. The Morgan fingerprint density at radius 2 is 1.96 bits per heavy atom. The van der Waals surface area contributed by atoms with Crippen molar-refractivity contribution >= 4 is 12.4 Å². The Bertz CT molecular complexity index is 614. The Hall–Kier alpha value is -1.60. The second-order valence-corrected chi connectivity index (χ2v) is 5.69. The molecule has 7 heteroatoms. The van der Waals surface area contributed by atoms with Gasteiger partial charge in [-0.05, 0) is 12.1 Å². The van der Waals surface area contributed by atoms with Gasteiger partial charge in [0.15, 0.2) is 5.76 Å². The van der Waals surface area contributed by atoms with Gasteiger partial charge >= 0.3 is 0 Å². The molecule has 1 aromatic heterocycles. The van der Waals surface area contributed by atoms with Crippen molar-refractivity contribution in [2.45, 2.75) is 13.0 Å². The van der Waals surface area contributed by atoms with E-state index in [1.54, 1.807) is 0 Å². The van der Waals surface area contributed by atoms with Gasteiger partial charge in [-0.1, -0.05) is 30.3 Å². The van der Waals surface area contributed by atoms with Crippen molar-refractivity contribution in [1.82, 2.24) is 10.1 Å². The summed E-state index contributed by atoms with van der Waals surface area (Å²) in [4.78, 5) is 2.17. The molecule has 1 saturated heterocycles. The second-order valence-electron chi connectivity index (χ2n) is 5.69. The summed E-state index contributed by atoms with van der Waals surface area (Å²) in [7, 11) is 0. The first-order valence-corrected chi connectivity index (χ1v) is 7.86. The number of ether oxygens (including phenoxy) is 2. The van der Waals surface area contributed by atoms with Gasteiger partial charge < -0.3 is 19.1 Å². The monoisotopic (exact) mass is 354 g/mol. The summed E-state index contributed by atoms with van der Waals surface area (Å²) in [6.45, 7) is 5.80. The molecule has 1 fully saturated rings. The van der Waals surface area contributed by atoms with Gasteiger partial charge in [-0.15, -0.1) is 12.4 Å². The molecule has 3 rings (SSSR count). The van der Waals surface area contributed by atoms with Crippen LogP contribution in [-0.4, -0.2) is 60.7 Å². The molecule has 0 aliphatic carbocycles. The zero-order chi connectivity index (χ0) is 16.1. The van der Waals surface area contributed by atoms with Gasteiger partial charge in [-0.25, -0.2) is 0 Å². The normalized spacial score (nSPS) is 16.4. The molecule has 132 valence electrons. The van der Waals surface area contributed by atoms with Crippen LogP contribution in [0.3, 0.4) is 0 Å². The highest BCUT2D eigenvalue weighted by Crippen LogP contribution is 2.29. The maximum Gasteiger partial charge on any atom is 0.257 e. The first-order chi connectivity index (χ1) is 11.2. The third-order valence-electron chi connectivity index (χ3n) is 3.90. The molecule has 1 aliphatic rings. The highest BCUT2D eigenvalue weighted by molar-refractivity contribution is 5.85. The molecule has 0 amide bonds. The van der Waals surface area contributed by atoms with Crippen LogP contribution in [0.4, 0.5) is 0 Å². The second kappa shape index (κ2) is 9.03. The van der Waals surface area contributed by atoms with Crippen molar-refractivity contribution in [1.29, 1.82) is 0 Å². The van der Waals surface area contributed by atoms with Gasteiger partial charge in [0.25, 0.3) is 5.88 Å². The molecule has 1 N–H and O–H groups in total. The van der Waals surface area contributed by atoms with Gasteiger partial charge in [0.05, 0.1) is 18.8 Å². The van der Waals surface area contributed by atoms with Crippen LogP contribution in [0.1, 0.15) is 5.56 Å². The van der Waals surface area contributed by atoms with Gasteiger partial charge in [-0.2, -0.15) is 0 Å². The number of hydrogen-bond acceptors (Lipinski definition) is 6. The molecule has 1 aliphatic heterocycles. The summed E-state index contributed by atoms with van der Waals surface area (Å²) < 4.78 is 16.3. The standard InChI is InChI=1S/C17H22N2O4.ClH/c1-13-16(14-5-3-2-4-6-14)23-18-17(13)22-12-15(20)11-19-7-9-21-10-8-19;/h2-6,15,20H,7-12H2,1H3;1H. The number of halogens is 1. The maximum atomic E-state index is 10.1. The average molecular weight is 355 g/mol. The highest BCUT2D eigenvalue weighted by atomic mass is 35.5. The fourth-order valence-corrected chi connectivity index (χ4v) is 2.62. The summed E-state index contributed by atoms with van der Waals surface area (Å²) in [6, 6.07) is 9.78. The van der Waals surface area contributed by atoms with Gasteiger partial charge in [0, 0.05) is 25.2 Å². The van der Waals surface area contributed by atoms with Crippen molar-refractivity contribution in [3.8, 4) is 17.2 Å². The van der Waals surface area contributed by atoms with E-state index in [4.69, 9.17) is 14.0 Å². The van der Waals surface area contributed by atoms with Gasteiger partial charge in [0.2, 0.25) is 0 Å². The van der Waals surface area contributed by atoms with Crippen LogP contribution >= 0.6 is 12.4 Å². The van der Waals surface area contributed by atoms with E-state index in [-0.39, 0.29) is 19.0 Å². The van der Waals surface area contributed by atoms with E-state index < -0.39 is 6.10 Å². The highest BCUT2D eigenvalue weighted by Gasteiger charge is 2.18. The number of aliphatic hydroxyl groups excluding tert-OH is 1. The van der Waals surface area contributed by atoms with Gasteiger partial charge in [-0.3, -0.25) is 4.90 Å². The van der Waals surface area contributed by atoms with Crippen molar-refractivity contribution in [3.63, 3.8) is 0 Å². The van der Waals surface area contributed by atoms with E-state index in [1.165, 1.54) is 0 Å². The maximum absolute atomic E-state index is 10.1. The Morgan fingerprint density at radius 1 is 1.25 bits per heavy atom. The number of benzene rings is 1. The number of aliphatic hydroxyl groups is 1. The first kappa shape index (κ1) is 18.7. The van der Waals surface area contributed by atoms with Crippen LogP contribution in [0, 0.1) is 6.92 Å². The molecule has 1 atom stereocenters. The fraction of sp³-hybridized carbons (Fsp3) is 0.471. The van der Waals surface area contributed by atoms with E-state index in [1.807, 2.05) is 37.3 Å². The third kappa shape index (κ3) is 4.70. The van der Waals surface area contributed by atoms with E-state index in [2.05, 4.69) is 10.1 Å². The molecule has 0 spiro atoms. The summed E-state index contributed by atoms with van der Waals surface area (Å²) in [6.07, 6.45) is -0.565. The quantitative estimate of drug-likeness (QED) is 0.857. The van der Waals surface area contributed by atoms with Crippen LogP contribution in [0.25, 0.3) is 11.3 Å². The number of morpholine rings is 1. The van der Waals surface area contributed by atoms with Crippen LogP contribution in [0.5, 0.6) is 5.88 Å². The topological polar surface area (TPSA) is 68.0 Å².